The molecule has 0 aliphatic carbocycles. The molecule has 26 heavy (non-hydrogen) atoms. The zero-order valence-electron chi connectivity index (χ0n) is 13.8. The lowest BCUT2D eigenvalue weighted by Crippen LogP contribution is -2.24. The highest BCUT2D eigenvalue weighted by Crippen LogP contribution is 2.27. The SMILES string of the molecule is O=C(O)CCC(=O)OC1CNc2ccc(Cl)cc2C(c2ccccc2)=N1. The van der Waals surface area contributed by atoms with Crippen molar-refractivity contribution in [1.82, 2.24) is 0 Å². The van der Waals surface area contributed by atoms with Gasteiger partial charge in [-0.3, -0.25) is 9.59 Å². The molecule has 1 aliphatic rings. The first-order valence-corrected chi connectivity index (χ1v) is 8.49. The van der Waals surface area contributed by atoms with Gasteiger partial charge in [0.2, 0.25) is 6.23 Å². The third-order valence-electron chi connectivity index (χ3n) is 3.83. The fourth-order valence-electron chi connectivity index (χ4n) is 2.64. The highest BCUT2D eigenvalue weighted by atomic mass is 35.5. The molecule has 0 aromatic heterocycles. The number of aliphatic imine (C=N–C) groups is 1. The minimum atomic E-state index is -1.04. The maximum atomic E-state index is 11.9. The van der Waals surface area contributed by atoms with E-state index in [1.807, 2.05) is 42.5 Å². The number of anilines is 1. The highest BCUT2D eigenvalue weighted by molar-refractivity contribution is 6.31. The van der Waals surface area contributed by atoms with Crippen LogP contribution in [0.1, 0.15) is 24.0 Å². The summed E-state index contributed by atoms with van der Waals surface area (Å²) < 4.78 is 5.35. The van der Waals surface area contributed by atoms with Gasteiger partial charge in [0.05, 0.1) is 25.1 Å². The predicted molar refractivity (Wildman–Crippen MR) is 98.8 cm³/mol. The molecule has 2 aromatic rings. The van der Waals surface area contributed by atoms with Crippen LogP contribution in [0.25, 0.3) is 0 Å². The molecular weight excluding hydrogens is 356 g/mol. The Labute approximate surface area is 155 Å². The maximum Gasteiger partial charge on any atom is 0.308 e. The van der Waals surface area contributed by atoms with Crippen molar-refractivity contribution in [2.45, 2.75) is 19.1 Å². The molecule has 0 bridgehead atoms. The lowest BCUT2D eigenvalue weighted by molar-refractivity contribution is -0.151. The molecule has 1 aliphatic heterocycles. The molecule has 0 amide bonds. The topological polar surface area (TPSA) is 88.0 Å². The monoisotopic (exact) mass is 372 g/mol. The molecule has 1 unspecified atom stereocenters. The second kappa shape index (κ2) is 8.01. The molecule has 0 saturated heterocycles. The molecule has 7 heteroatoms. The Bertz CT molecular complexity index is 852. The number of fused-ring (bicyclic) bond motifs is 1. The summed E-state index contributed by atoms with van der Waals surface area (Å²) in [5, 5.41) is 12.5. The van der Waals surface area contributed by atoms with Gasteiger partial charge in [0.25, 0.3) is 0 Å². The highest BCUT2D eigenvalue weighted by Gasteiger charge is 2.22. The number of halogens is 1. The first-order chi connectivity index (χ1) is 12.5. The minimum absolute atomic E-state index is 0.194. The summed E-state index contributed by atoms with van der Waals surface area (Å²) in [4.78, 5) is 27.1. The van der Waals surface area contributed by atoms with Crippen molar-refractivity contribution in [2.75, 3.05) is 11.9 Å². The zero-order valence-corrected chi connectivity index (χ0v) is 14.6. The molecular formula is C19H17ClN2O4. The Morgan fingerprint density at radius 3 is 2.69 bits per heavy atom. The van der Waals surface area contributed by atoms with Crippen LogP contribution >= 0.6 is 11.6 Å². The second-order valence-electron chi connectivity index (χ2n) is 5.75. The van der Waals surface area contributed by atoms with Crippen LogP contribution in [0.3, 0.4) is 0 Å². The number of hydrogen-bond donors (Lipinski definition) is 2. The summed E-state index contributed by atoms with van der Waals surface area (Å²) >= 11 is 6.15. The number of benzodiazepines with no additional fused rings is 1. The van der Waals surface area contributed by atoms with E-state index in [1.165, 1.54) is 0 Å². The van der Waals surface area contributed by atoms with Crippen LogP contribution in [-0.2, 0) is 14.3 Å². The van der Waals surface area contributed by atoms with Crippen molar-refractivity contribution < 1.29 is 19.4 Å². The number of carboxylic acids is 1. The van der Waals surface area contributed by atoms with E-state index in [-0.39, 0.29) is 19.4 Å². The Balaban J connectivity index is 1.91. The standard InChI is InChI=1S/C19H17ClN2O4/c20-13-6-7-15-14(10-13)19(12-4-2-1-3-5-12)22-16(11-21-15)26-18(25)9-8-17(23)24/h1-7,10,16,21H,8-9,11H2,(H,23,24). The average Bonchev–Trinajstić information content (AvgIpc) is 2.80. The van der Waals surface area contributed by atoms with Crippen LogP contribution in [0.4, 0.5) is 5.69 Å². The number of carbonyl (C=O) groups excluding carboxylic acids is 1. The molecule has 134 valence electrons. The first-order valence-electron chi connectivity index (χ1n) is 8.11. The number of aliphatic carboxylic acids is 1. The fraction of sp³-hybridized carbons (Fsp3) is 0.211. The van der Waals surface area contributed by atoms with E-state index in [4.69, 9.17) is 21.4 Å². The van der Waals surface area contributed by atoms with E-state index in [1.54, 1.807) is 6.07 Å². The van der Waals surface area contributed by atoms with E-state index in [0.29, 0.717) is 10.7 Å². The number of nitrogens with one attached hydrogen (secondary N) is 1. The fourth-order valence-corrected chi connectivity index (χ4v) is 2.81. The van der Waals surface area contributed by atoms with Crippen molar-refractivity contribution in [3.63, 3.8) is 0 Å². The predicted octanol–water partition coefficient (Wildman–Crippen LogP) is 3.34. The summed E-state index contributed by atoms with van der Waals surface area (Å²) in [5.41, 5.74) is 3.17. The quantitative estimate of drug-likeness (QED) is 0.786. The summed E-state index contributed by atoms with van der Waals surface area (Å²) in [6, 6.07) is 15.0. The Kier molecular flexibility index (Phi) is 5.53. The van der Waals surface area contributed by atoms with Gasteiger partial charge in [0, 0.05) is 21.8 Å². The average molecular weight is 373 g/mol. The van der Waals surface area contributed by atoms with Crippen LogP contribution in [0.5, 0.6) is 0 Å². The number of rotatable bonds is 5. The van der Waals surface area contributed by atoms with Gasteiger partial charge in [-0.25, -0.2) is 4.99 Å². The van der Waals surface area contributed by atoms with Crippen molar-refractivity contribution in [1.29, 1.82) is 0 Å². The van der Waals surface area contributed by atoms with Crippen LogP contribution < -0.4 is 5.32 Å². The molecule has 0 fully saturated rings. The summed E-state index contributed by atoms with van der Waals surface area (Å²) in [7, 11) is 0. The number of nitrogens with zero attached hydrogens (tertiary/aromatic N) is 1. The molecule has 3 rings (SSSR count). The van der Waals surface area contributed by atoms with E-state index in [0.717, 1.165) is 16.8 Å². The van der Waals surface area contributed by atoms with E-state index in [2.05, 4.69) is 10.3 Å². The third kappa shape index (κ3) is 4.40. The van der Waals surface area contributed by atoms with Crippen molar-refractivity contribution >= 4 is 34.9 Å². The van der Waals surface area contributed by atoms with Gasteiger partial charge in [-0.15, -0.1) is 0 Å². The number of carboxylic acid groups (broad SMARTS) is 1. The maximum absolute atomic E-state index is 11.9. The Morgan fingerprint density at radius 2 is 1.96 bits per heavy atom. The van der Waals surface area contributed by atoms with Crippen LogP contribution in [0.15, 0.2) is 53.5 Å². The zero-order chi connectivity index (χ0) is 18.5. The molecule has 2 aromatic carbocycles. The number of hydrogen-bond acceptors (Lipinski definition) is 5. The number of esters is 1. The molecule has 1 atom stereocenters. The molecule has 2 N–H and O–H groups in total. The van der Waals surface area contributed by atoms with E-state index in [9.17, 15) is 9.59 Å². The lowest BCUT2D eigenvalue weighted by atomic mass is 10.0. The van der Waals surface area contributed by atoms with Gasteiger partial charge < -0.3 is 15.2 Å². The number of ether oxygens (including phenoxy) is 1. The van der Waals surface area contributed by atoms with E-state index >= 15 is 0 Å². The summed E-state index contributed by atoms with van der Waals surface area (Å²) in [6.07, 6.45) is -1.23. The molecule has 0 spiro atoms. The van der Waals surface area contributed by atoms with E-state index < -0.39 is 18.2 Å². The Hall–Kier alpha value is -2.86. The van der Waals surface area contributed by atoms with Crippen LogP contribution in [0, 0.1) is 0 Å². The lowest BCUT2D eigenvalue weighted by Gasteiger charge is -2.13. The normalized spacial score (nSPS) is 15.9. The van der Waals surface area contributed by atoms with Gasteiger partial charge in [-0.1, -0.05) is 41.9 Å². The number of carbonyl (C=O) groups is 2. The van der Waals surface area contributed by atoms with Crippen LogP contribution in [0.2, 0.25) is 5.02 Å². The Morgan fingerprint density at radius 1 is 1.19 bits per heavy atom. The van der Waals surface area contributed by atoms with Crippen molar-refractivity contribution in [2.24, 2.45) is 4.99 Å². The van der Waals surface area contributed by atoms with Gasteiger partial charge in [-0.05, 0) is 18.2 Å². The molecule has 1 heterocycles. The molecule has 0 radical (unpaired) electrons. The van der Waals surface area contributed by atoms with Gasteiger partial charge in [0.1, 0.15) is 0 Å². The van der Waals surface area contributed by atoms with Gasteiger partial charge in [-0.2, -0.15) is 0 Å². The first kappa shape index (κ1) is 17.9. The summed E-state index contributed by atoms with van der Waals surface area (Å²) in [6.45, 7) is 0.282. The van der Waals surface area contributed by atoms with Crippen molar-refractivity contribution in [3.05, 3.63) is 64.7 Å². The molecule has 6 nitrogen and oxygen atoms in total. The second-order valence-corrected chi connectivity index (χ2v) is 6.19. The molecule has 0 saturated carbocycles. The summed E-state index contributed by atoms with van der Waals surface area (Å²) in [5.74, 6) is -1.64. The van der Waals surface area contributed by atoms with Crippen molar-refractivity contribution in [3.8, 4) is 0 Å². The largest absolute Gasteiger partial charge is 0.481 e. The smallest absolute Gasteiger partial charge is 0.308 e. The number of benzene rings is 2. The van der Waals surface area contributed by atoms with Crippen LogP contribution in [-0.4, -0.2) is 35.5 Å². The van der Waals surface area contributed by atoms with Gasteiger partial charge in [0.15, 0.2) is 0 Å². The minimum Gasteiger partial charge on any atom is -0.481 e. The van der Waals surface area contributed by atoms with Gasteiger partial charge >= 0.3 is 11.9 Å². The third-order valence-corrected chi connectivity index (χ3v) is 4.07.